The lowest BCUT2D eigenvalue weighted by Gasteiger charge is -2.33. The molecule has 2 aliphatic rings. The molecule has 0 radical (unpaired) electrons. The first-order valence-corrected chi connectivity index (χ1v) is 7.42. The quantitative estimate of drug-likeness (QED) is 0.737. The molecule has 6 nitrogen and oxygen atoms in total. The van der Waals surface area contributed by atoms with Crippen molar-refractivity contribution in [2.45, 2.75) is 24.9 Å². The summed E-state index contributed by atoms with van der Waals surface area (Å²) in [6.07, 6.45) is 2.24. The van der Waals surface area contributed by atoms with Crippen LogP contribution in [0.3, 0.4) is 0 Å². The van der Waals surface area contributed by atoms with Crippen molar-refractivity contribution in [3.05, 3.63) is 0 Å². The zero-order valence-electron chi connectivity index (χ0n) is 12.3. The zero-order chi connectivity index (χ0) is 14.4. The van der Waals surface area contributed by atoms with E-state index in [1.165, 1.54) is 0 Å². The topological polar surface area (TPSA) is 71.0 Å². The van der Waals surface area contributed by atoms with Gasteiger partial charge in [0.25, 0.3) is 0 Å². The van der Waals surface area contributed by atoms with Gasteiger partial charge < -0.3 is 19.9 Å². The van der Waals surface area contributed by atoms with E-state index in [9.17, 15) is 9.90 Å². The van der Waals surface area contributed by atoms with Gasteiger partial charge in [0.15, 0.2) is 0 Å². The SMILES string of the molecule is CNC(=O)C[C@@]1(O)COCCN(CC2CCOCC2)C1. The number of β-amino-alcohol motifs (C(OH)–C–C–N with tert-alkyl or cyclic N) is 1. The second kappa shape index (κ2) is 7.36. The second-order valence-corrected chi connectivity index (χ2v) is 5.92. The Hall–Kier alpha value is -0.690. The third kappa shape index (κ3) is 4.70. The molecule has 2 N–H and O–H groups in total. The molecule has 0 aromatic rings. The smallest absolute Gasteiger partial charge is 0.222 e. The largest absolute Gasteiger partial charge is 0.386 e. The molecule has 2 aliphatic heterocycles. The van der Waals surface area contributed by atoms with E-state index in [2.05, 4.69) is 10.2 Å². The van der Waals surface area contributed by atoms with E-state index in [4.69, 9.17) is 9.47 Å². The lowest BCUT2D eigenvalue weighted by molar-refractivity contribution is -0.128. The highest BCUT2D eigenvalue weighted by molar-refractivity contribution is 5.76. The second-order valence-electron chi connectivity index (χ2n) is 5.92. The highest BCUT2D eigenvalue weighted by Gasteiger charge is 2.35. The molecule has 116 valence electrons. The van der Waals surface area contributed by atoms with E-state index in [1.54, 1.807) is 7.05 Å². The summed E-state index contributed by atoms with van der Waals surface area (Å²) in [7, 11) is 1.59. The van der Waals surface area contributed by atoms with Gasteiger partial charge in [-0.2, -0.15) is 0 Å². The minimum absolute atomic E-state index is 0.0910. The fraction of sp³-hybridized carbons (Fsp3) is 0.929. The minimum atomic E-state index is -1.08. The summed E-state index contributed by atoms with van der Waals surface area (Å²) in [5.41, 5.74) is -1.08. The average molecular weight is 286 g/mol. The first kappa shape index (κ1) is 15.7. The monoisotopic (exact) mass is 286 g/mol. The highest BCUT2D eigenvalue weighted by Crippen LogP contribution is 2.21. The third-order valence-corrected chi connectivity index (χ3v) is 4.07. The van der Waals surface area contributed by atoms with E-state index < -0.39 is 5.60 Å². The van der Waals surface area contributed by atoms with Crippen LogP contribution in [0.5, 0.6) is 0 Å². The summed E-state index contributed by atoms with van der Waals surface area (Å²) in [5.74, 6) is 0.468. The van der Waals surface area contributed by atoms with Gasteiger partial charge in [0.2, 0.25) is 5.91 Å². The summed E-state index contributed by atoms with van der Waals surface area (Å²) in [6, 6.07) is 0. The Labute approximate surface area is 120 Å². The summed E-state index contributed by atoms with van der Waals surface area (Å²) in [4.78, 5) is 13.8. The highest BCUT2D eigenvalue weighted by atomic mass is 16.5. The molecule has 2 heterocycles. The Kier molecular flexibility index (Phi) is 5.77. The van der Waals surface area contributed by atoms with Crippen molar-refractivity contribution in [3.63, 3.8) is 0 Å². The Morgan fingerprint density at radius 2 is 2.10 bits per heavy atom. The number of carbonyl (C=O) groups excluding carboxylic acids is 1. The molecule has 6 heteroatoms. The lowest BCUT2D eigenvalue weighted by atomic mass is 9.96. The Morgan fingerprint density at radius 3 is 2.80 bits per heavy atom. The van der Waals surface area contributed by atoms with Crippen LogP contribution in [0.4, 0.5) is 0 Å². The summed E-state index contributed by atoms with van der Waals surface area (Å²) in [5, 5.41) is 13.2. The number of rotatable bonds is 4. The molecule has 0 saturated carbocycles. The molecule has 2 rings (SSSR count). The van der Waals surface area contributed by atoms with Crippen molar-refractivity contribution >= 4 is 5.91 Å². The van der Waals surface area contributed by atoms with Gasteiger partial charge in [-0.15, -0.1) is 0 Å². The number of aliphatic hydroxyl groups is 1. The molecule has 0 unspecified atom stereocenters. The predicted molar refractivity (Wildman–Crippen MR) is 74.4 cm³/mol. The molecule has 0 bridgehead atoms. The van der Waals surface area contributed by atoms with E-state index in [0.29, 0.717) is 19.1 Å². The minimum Gasteiger partial charge on any atom is -0.386 e. The number of amides is 1. The molecular weight excluding hydrogens is 260 g/mol. The standard InChI is InChI=1S/C14H26N2O4/c1-15-13(17)8-14(18)10-16(4-7-20-11-14)9-12-2-5-19-6-3-12/h12,18H,2-11H2,1H3,(H,15,17)/t14-/m0/s1. The van der Waals surface area contributed by atoms with Gasteiger partial charge in [0, 0.05) is 39.9 Å². The number of hydrogen-bond acceptors (Lipinski definition) is 5. The van der Waals surface area contributed by atoms with Gasteiger partial charge >= 0.3 is 0 Å². The molecular formula is C14H26N2O4. The Bertz CT molecular complexity index is 320. The van der Waals surface area contributed by atoms with Gasteiger partial charge in [-0.1, -0.05) is 0 Å². The zero-order valence-corrected chi connectivity index (χ0v) is 12.3. The van der Waals surface area contributed by atoms with Crippen molar-refractivity contribution in [1.82, 2.24) is 10.2 Å². The van der Waals surface area contributed by atoms with Crippen LogP contribution in [-0.2, 0) is 14.3 Å². The number of carbonyl (C=O) groups is 1. The van der Waals surface area contributed by atoms with Crippen LogP contribution >= 0.6 is 0 Å². The van der Waals surface area contributed by atoms with E-state index >= 15 is 0 Å². The maximum Gasteiger partial charge on any atom is 0.222 e. The number of ether oxygens (including phenoxy) is 2. The van der Waals surface area contributed by atoms with E-state index in [1.807, 2.05) is 0 Å². The van der Waals surface area contributed by atoms with Crippen molar-refractivity contribution in [1.29, 1.82) is 0 Å². The molecule has 0 aliphatic carbocycles. The predicted octanol–water partition coefficient (Wildman–Crippen LogP) is -0.388. The van der Waals surface area contributed by atoms with Crippen LogP contribution < -0.4 is 5.32 Å². The maximum atomic E-state index is 11.5. The summed E-state index contributed by atoms with van der Waals surface area (Å²) < 4.78 is 10.9. The first-order valence-electron chi connectivity index (χ1n) is 7.42. The van der Waals surface area contributed by atoms with Gasteiger partial charge in [-0.25, -0.2) is 0 Å². The number of nitrogens with one attached hydrogen (secondary N) is 1. The number of hydrogen-bond donors (Lipinski definition) is 2. The summed E-state index contributed by atoms with van der Waals surface area (Å²) >= 11 is 0. The average Bonchev–Trinajstić information content (AvgIpc) is 2.61. The van der Waals surface area contributed by atoms with Gasteiger partial charge in [-0.05, 0) is 18.8 Å². The molecule has 0 aromatic heterocycles. The first-order chi connectivity index (χ1) is 9.61. The maximum absolute atomic E-state index is 11.5. The molecule has 0 aromatic carbocycles. The van der Waals surface area contributed by atoms with Crippen LogP contribution in [0.2, 0.25) is 0 Å². The van der Waals surface area contributed by atoms with Crippen LogP contribution in [0.1, 0.15) is 19.3 Å². The molecule has 2 saturated heterocycles. The van der Waals surface area contributed by atoms with Gasteiger partial charge in [0.1, 0.15) is 5.60 Å². The fourth-order valence-electron chi connectivity index (χ4n) is 2.94. The molecule has 1 atom stereocenters. The lowest BCUT2D eigenvalue weighted by Crippen LogP contribution is -2.48. The van der Waals surface area contributed by atoms with Crippen molar-refractivity contribution in [2.24, 2.45) is 5.92 Å². The normalized spacial score (nSPS) is 29.9. The molecule has 1 amide bonds. The van der Waals surface area contributed by atoms with Crippen molar-refractivity contribution < 1.29 is 19.4 Å². The molecule has 0 spiro atoms. The third-order valence-electron chi connectivity index (χ3n) is 4.07. The van der Waals surface area contributed by atoms with Crippen LogP contribution in [-0.4, -0.2) is 74.6 Å². The molecule has 20 heavy (non-hydrogen) atoms. The van der Waals surface area contributed by atoms with Gasteiger partial charge in [0.05, 0.1) is 19.6 Å². The van der Waals surface area contributed by atoms with E-state index in [-0.39, 0.29) is 18.9 Å². The number of nitrogens with zero attached hydrogens (tertiary/aromatic N) is 1. The Balaban J connectivity index is 1.89. The van der Waals surface area contributed by atoms with Crippen molar-refractivity contribution in [2.75, 3.05) is 53.1 Å². The van der Waals surface area contributed by atoms with Crippen LogP contribution in [0, 0.1) is 5.92 Å². The van der Waals surface area contributed by atoms with Gasteiger partial charge in [-0.3, -0.25) is 9.69 Å². The fourth-order valence-corrected chi connectivity index (χ4v) is 2.94. The summed E-state index contributed by atoms with van der Waals surface area (Å²) in [6.45, 7) is 4.76. The van der Waals surface area contributed by atoms with E-state index in [0.717, 1.165) is 39.1 Å². The van der Waals surface area contributed by atoms with Crippen molar-refractivity contribution in [3.8, 4) is 0 Å². The molecule has 2 fully saturated rings. The van der Waals surface area contributed by atoms with Crippen LogP contribution in [0.25, 0.3) is 0 Å². The Morgan fingerprint density at radius 1 is 1.35 bits per heavy atom. The van der Waals surface area contributed by atoms with Crippen LogP contribution in [0.15, 0.2) is 0 Å².